The number of carbonyl (C=O) groups excluding carboxylic acids is 1. The Morgan fingerprint density at radius 3 is 2.33 bits per heavy atom. The fourth-order valence-corrected chi connectivity index (χ4v) is 1.56. The number of phenols is 1. The highest BCUT2D eigenvalue weighted by Gasteiger charge is 2.09. The van der Waals surface area contributed by atoms with E-state index in [0.29, 0.717) is 12.3 Å². The number of hydrogen-bond acceptors (Lipinski definition) is 2. The van der Waals surface area contributed by atoms with E-state index in [0.717, 1.165) is 17.4 Å². The van der Waals surface area contributed by atoms with Crippen LogP contribution in [-0.2, 0) is 4.79 Å². The summed E-state index contributed by atoms with van der Waals surface area (Å²) in [6.45, 7) is 6.17. The molecule has 1 rings (SSSR count). The van der Waals surface area contributed by atoms with Crippen LogP contribution in [0.2, 0.25) is 0 Å². The van der Waals surface area contributed by atoms with Crippen LogP contribution in [0.3, 0.4) is 0 Å². The first kappa shape index (κ1) is 11.8. The summed E-state index contributed by atoms with van der Waals surface area (Å²) in [4.78, 5) is 10.4. The Labute approximate surface area is 90.9 Å². The second-order valence-electron chi connectivity index (χ2n) is 4.32. The van der Waals surface area contributed by atoms with Gasteiger partial charge in [-0.25, -0.2) is 0 Å². The summed E-state index contributed by atoms with van der Waals surface area (Å²) in [6, 6.07) is 5.58. The number of aromatic hydroxyl groups is 1. The average Bonchev–Trinajstić information content (AvgIpc) is 2.17. The maximum absolute atomic E-state index is 10.4. The van der Waals surface area contributed by atoms with Crippen LogP contribution in [0.15, 0.2) is 18.2 Å². The molecule has 0 saturated heterocycles. The van der Waals surface area contributed by atoms with E-state index in [1.54, 1.807) is 12.1 Å². The topological polar surface area (TPSA) is 37.3 Å². The van der Waals surface area contributed by atoms with Gasteiger partial charge in [0.15, 0.2) is 0 Å². The van der Waals surface area contributed by atoms with E-state index in [4.69, 9.17) is 0 Å². The maximum Gasteiger partial charge on any atom is 0.120 e. The zero-order valence-corrected chi connectivity index (χ0v) is 9.53. The van der Waals surface area contributed by atoms with Crippen LogP contribution in [0.5, 0.6) is 5.75 Å². The van der Waals surface area contributed by atoms with Crippen molar-refractivity contribution in [2.24, 2.45) is 0 Å². The minimum Gasteiger partial charge on any atom is -0.508 e. The standard InChI is InChI=1S/C13H18O2/c1-9(2)11-6-12(8-13(15)7-11)10(3)4-5-14/h5-10,15H,4H2,1-3H3. The van der Waals surface area contributed by atoms with Crippen molar-refractivity contribution in [3.63, 3.8) is 0 Å². The van der Waals surface area contributed by atoms with E-state index in [-0.39, 0.29) is 11.7 Å². The van der Waals surface area contributed by atoms with Crippen molar-refractivity contribution in [3.05, 3.63) is 29.3 Å². The first-order valence-corrected chi connectivity index (χ1v) is 5.32. The molecule has 2 nitrogen and oxygen atoms in total. The number of carbonyl (C=O) groups is 1. The van der Waals surface area contributed by atoms with E-state index >= 15 is 0 Å². The molecule has 0 aromatic heterocycles. The van der Waals surface area contributed by atoms with Crippen molar-refractivity contribution < 1.29 is 9.90 Å². The monoisotopic (exact) mass is 206 g/mol. The van der Waals surface area contributed by atoms with Crippen LogP contribution in [0, 0.1) is 0 Å². The fraction of sp³-hybridized carbons (Fsp3) is 0.462. The summed E-state index contributed by atoms with van der Waals surface area (Å²) in [7, 11) is 0. The van der Waals surface area contributed by atoms with E-state index in [1.165, 1.54) is 0 Å². The largest absolute Gasteiger partial charge is 0.508 e. The molecule has 2 heteroatoms. The average molecular weight is 206 g/mol. The molecule has 1 aromatic rings. The lowest BCUT2D eigenvalue weighted by Crippen LogP contribution is -1.97. The van der Waals surface area contributed by atoms with Crippen LogP contribution in [0.4, 0.5) is 0 Å². The van der Waals surface area contributed by atoms with Gasteiger partial charge in [0, 0.05) is 6.42 Å². The molecule has 0 aliphatic carbocycles. The summed E-state index contributed by atoms with van der Waals surface area (Å²) in [6.07, 6.45) is 1.42. The molecule has 1 unspecified atom stereocenters. The van der Waals surface area contributed by atoms with Crippen LogP contribution in [0.25, 0.3) is 0 Å². The van der Waals surface area contributed by atoms with Crippen molar-refractivity contribution in [1.29, 1.82) is 0 Å². The Bertz CT molecular complexity index is 342. The second-order valence-corrected chi connectivity index (χ2v) is 4.32. The lowest BCUT2D eigenvalue weighted by atomic mass is 9.93. The third-order valence-electron chi connectivity index (χ3n) is 2.65. The Balaban J connectivity index is 3.02. The molecule has 0 aliphatic rings. The Morgan fingerprint density at radius 2 is 1.80 bits per heavy atom. The number of hydrogen-bond donors (Lipinski definition) is 1. The number of benzene rings is 1. The van der Waals surface area contributed by atoms with Gasteiger partial charge in [-0.05, 0) is 35.1 Å². The van der Waals surface area contributed by atoms with Crippen LogP contribution in [0.1, 0.15) is 50.2 Å². The molecule has 1 aromatic carbocycles. The van der Waals surface area contributed by atoms with Crippen molar-refractivity contribution in [2.75, 3.05) is 0 Å². The molecule has 0 spiro atoms. The normalized spacial score (nSPS) is 12.8. The van der Waals surface area contributed by atoms with Gasteiger partial charge < -0.3 is 9.90 Å². The first-order valence-electron chi connectivity index (χ1n) is 5.32. The van der Waals surface area contributed by atoms with Crippen molar-refractivity contribution >= 4 is 6.29 Å². The summed E-state index contributed by atoms with van der Waals surface area (Å²) in [5, 5.41) is 9.57. The predicted molar refractivity (Wildman–Crippen MR) is 61.3 cm³/mol. The van der Waals surface area contributed by atoms with Crippen molar-refractivity contribution in [2.45, 2.75) is 39.0 Å². The molecule has 0 fully saturated rings. The predicted octanol–water partition coefficient (Wildman–Crippen LogP) is 3.21. The highest BCUT2D eigenvalue weighted by Crippen LogP contribution is 2.27. The van der Waals surface area contributed by atoms with Crippen molar-refractivity contribution in [3.8, 4) is 5.75 Å². The van der Waals surface area contributed by atoms with Gasteiger partial charge >= 0.3 is 0 Å². The fourth-order valence-electron chi connectivity index (χ4n) is 1.56. The second kappa shape index (κ2) is 4.96. The van der Waals surface area contributed by atoms with Crippen LogP contribution < -0.4 is 0 Å². The third-order valence-corrected chi connectivity index (χ3v) is 2.65. The van der Waals surface area contributed by atoms with Gasteiger partial charge in [0.2, 0.25) is 0 Å². The van der Waals surface area contributed by atoms with E-state index in [1.807, 2.05) is 6.92 Å². The molecule has 0 amide bonds. The SMILES string of the molecule is CC(C)c1cc(O)cc(C(C)CC=O)c1. The molecule has 0 aliphatic heterocycles. The lowest BCUT2D eigenvalue weighted by Gasteiger charge is -2.13. The first-order chi connectivity index (χ1) is 7.04. The molecule has 82 valence electrons. The molecule has 1 N–H and O–H groups in total. The molecular weight excluding hydrogens is 188 g/mol. The highest BCUT2D eigenvalue weighted by atomic mass is 16.3. The zero-order valence-electron chi connectivity index (χ0n) is 9.53. The smallest absolute Gasteiger partial charge is 0.120 e. The molecule has 0 bridgehead atoms. The third kappa shape index (κ3) is 3.08. The molecule has 15 heavy (non-hydrogen) atoms. The molecule has 1 atom stereocenters. The zero-order chi connectivity index (χ0) is 11.4. The summed E-state index contributed by atoms with van der Waals surface area (Å²) in [5.74, 6) is 0.848. The van der Waals surface area contributed by atoms with Gasteiger partial charge in [0.25, 0.3) is 0 Å². The quantitative estimate of drug-likeness (QED) is 0.768. The number of aldehydes is 1. The molecule has 0 saturated carbocycles. The van der Waals surface area contributed by atoms with Crippen LogP contribution >= 0.6 is 0 Å². The lowest BCUT2D eigenvalue weighted by molar-refractivity contribution is -0.108. The van der Waals surface area contributed by atoms with E-state index in [9.17, 15) is 9.90 Å². The van der Waals surface area contributed by atoms with Crippen molar-refractivity contribution in [1.82, 2.24) is 0 Å². The Hall–Kier alpha value is -1.31. The van der Waals surface area contributed by atoms with Gasteiger partial charge in [-0.15, -0.1) is 0 Å². The van der Waals surface area contributed by atoms with Gasteiger partial charge in [-0.3, -0.25) is 0 Å². The van der Waals surface area contributed by atoms with Crippen LogP contribution in [-0.4, -0.2) is 11.4 Å². The summed E-state index contributed by atoms with van der Waals surface area (Å²) in [5.41, 5.74) is 2.15. The molecule has 0 radical (unpaired) electrons. The van der Waals surface area contributed by atoms with Gasteiger partial charge in [0.1, 0.15) is 12.0 Å². The minimum absolute atomic E-state index is 0.173. The number of phenolic OH excluding ortho intramolecular Hbond substituents is 1. The van der Waals surface area contributed by atoms with Gasteiger partial charge in [-0.1, -0.05) is 26.8 Å². The van der Waals surface area contributed by atoms with E-state index in [2.05, 4.69) is 19.9 Å². The highest BCUT2D eigenvalue weighted by molar-refractivity contribution is 5.52. The molecular formula is C13H18O2. The number of rotatable bonds is 4. The van der Waals surface area contributed by atoms with Gasteiger partial charge in [0.05, 0.1) is 0 Å². The Kier molecular flexibility index (Phi) is 3.89. The minimum atomic E-state index is 0.173. The van der Waals surface area contributed by atoms with Gasteiger partial charge in [-0.2, -0.15) is 0 Å². The summed E-state index contributed by atoms with van der Waals surface area (Å²) < 4.78 is 0. The molecule has 0 heterocycles. The summed E-state index contributed by atoms with van der Waals surface area (Å²) >= 11 is 0. The maximum atomic E-state index is 10.4. The van der Waals surface area contributed by atoms with E-state index < -0.39 is 0 Å². The Morgan fingerprint density at radius 1 is 1.20 bits per heavy atom.